The predicted octanol–water partition coefficient (Wildman–Crippen LogP) is 2.07. The number of rotatable bonds is 8. The topological polar surface area (TPSA) is 74.5 Å². The summed E-state index contributed by atoms with van der Waals surface area (Å²) in [7, 11) is 1.80. The van der Waals surface area contributed by atoms with Crippen LogP contribution in [-0.4, -0.2) is 65.7 Å². The number of likely N-dealkylation sites (tertiary alicyclic amines) is 1. The number of amides is 2. The molecule has 1 aliphatic heterocycles. The molecule has 1 N–H and O–H groups in total. The van der Waals surface area contributed by atoms with E-state index in [2.05, 4.69) is 27.3 Å². The molecule has 2 amide bonds. The molecule has 1 aromatic rings. The van der Waals surface area contributed by atoms with Gasteiger partial charge in [-0.25, -0.2) is 4.79 Å². The Labute approximate surface area is 144 Å². The molecule has 1 aromatic heterocycles. The summed E-state index contributed by atoms with van der Waals surface area (Å²) in [5.41, 5.74) is 0. The minimum atomic E-state index is -0.0244. The maximum Gasteiger partial charge on any atom is 0.317 e. The molecule has 0 atom stereocenters. The van der Waals surface area contributed by atoms with Crippen LogP contribution in [0.4, 0.5) is 4.79 Å². The molecule has 0 aromatic carbocycles. The average Bonchev–Trinajstić information content (AvgIpc) is 3.02. The summed E-state index contributed by atoms with van der Waals surface area (Å²) in [5.74, 6) is 1.80. The lowest BCUT2D eigenvalue weighted by Gasteiger charge is -2.32. The lowest BCUT2D eigenvalue weighted by Crippen LogP contribution is -2.43. The smallest absolute Gasteiger partial charge is 0.317 e. The van der Waals surface area contributed by atoms with Gasteiger partial charge in [-0.2, -0.15) is 4.98 Å². The van der Waals surface area contributed by atoms with E-state index in [1.54, 1.807) is 18.9 Å². The van der Waals surface area contributed by atoms with Crippen molar-refractivity contribution in [1.29, 1.82) is 0 Å². The van der Waals surface area contributed by atoms with Gasteiger partial charge in [-0.05, 0) is 44.8 Å². The number of aryl methyl sites for hydroxylation is 1. The first-order chi connectivity index (χ1) is 11.6. The molecule has 0 unspecified atom stereocenters. The lowest BCUT2D eigenvalue weighted by atomic mass is 9.96. The van der Waals surface area contributed by atoms with Crippen molar-refractivity contribution in [2.24, 2.45) is 5.92 Å². The highest BCUT2D eigenvalue weighted by molar-refractivity contribution is 5.73. The van der Waals surface area contributed by atoms with E-state index in [0.29, 0.717) is 30.6 Å². The van der Waals surface area contributed by atoms with Gasteiger partial charge in [0.2, 0.25) is 5.89 Å². The second-order valence-electron chi connectivity index (χ2n) is 6.73. The second-order valence-corrected chi connectivity index (χ2v) is 6.73. The highest BCUT2D eigenvalue weighted by Crippen LogP contribution is 2.16. The van der Waals surface area contributed by atoms with Crippen LogP contribution in [0.25, 0.3) is 0 Å². The number of urea groups is 1. The zero-order chi connectivity index (χ0) is 17.4. The van der Waals surface area contributed by atoms with Crippen LogP contribution >= 0.6 is 0 Å². The molecule has 0 radical (unpaired) electrons. The molecular formula is C17H31N5O2. The summed E-state index contributed by atoms with van der Waals surface area (Å²) in [5, 5.41) is 6.90. The molecule has 1 fully saturated rings. The number of nitrogens with zero attached hydrogens (tertiary/aromatic N) is 4. The van der Waals surface area contributed by atoms with E-state index < -0.39 is 0 Å². The van der Waals surface area contributed by atoms with Gasteiger partial charge >= 0.3 is 6.03 Å². The second kappa shape index (κ2) is 9.61. The Morgan fingerprint density at radius 2 is 2.17 bits per heavy atom. The number of nitrogens with one attached hydrogen (secondary N) is 1. The van der Waals surface area contributed by atoms with Crippen molar-refractivity contribution >= 4 is 6.03 Å². The number of carbonyl (C=O) groups excluding carboxylic acids is 1. The SMILES string of the molecule is CCCCN1CCC(CNC(=O)N(C)CCc2noc(C)n2)CC1. The Morgan fingerprint density at radius 3 is 2.79 bits per heavy atom. The van der Waals surface area contributed by atoms with Gasteiger partial charge in [0.15, 0.2) is 5.82 Å². The van der Waals surface area contributed by atoms with Gasteiger partial charge in [0.25, 0.3) is 0 Å². The number of aromatic nitrogens is 2. The molecule has 0 spiro atoms. The van der Waals surface area contributed by atoms with Crippen LogP contribution in [0.1, 0.15) is 44.3 Å². The zero-order valence-corrected chi connectivity index (χ0v) is 15.3. The van der Waals surface area contributed by atoms with E-state index in [1.165, 1.54) is 32.2 Å². The van der Waals surface area contributed by atoms with Crippen molar-refractivity contribution in [3.05, 3.63) is 11.7 Å². The molecule has 2 heterocycles. The van der Waals surface area contributed by atoms with Crippen molar-refractivity contribution in [3.8, 4) is 0 Å². The van der Waals surface area contributed by atoms with E-state index in [0.717, 1.165) is 19.6 Å². The van der Waals surface area contributed by atoms with Crippen molar-refractivity contribution < 1.29 is 9.32 Å². The van der Waals surface area contributed by atoms with Crippen LogP contribution in [0.3, 0.4) is 0 Å². The third-order valence-electron chi connectivity index (χ3n) is 4.66. The fraction of sp³-hybridized carbons (Fsp3) is 0.824. The summed E-state index contributed by atoms with van der Waals surface area (Å²) < 4.78 is 4.93. The van der Waals surface area contributed by atoms with E-state index in [4.69, 9.17) is 4.52 Å². The van der Waals surface area contributed by atoms with Gasteiger partial charge in [0.1, 0.15) is 0 Å². The van der Waals surface area contributed by atoms with Crippen LogP contribution in [-0.2, 0) is 6.42 Å². The van der Waals surface area contributed by atoms with E-state index in [-0.39, 0.29) is 6.03 Å². The molecule has 2 rings (SSSR count). The molecule has 0 saturated carbocycles. The van der Waals surface area contributed by atoms with Gasteiger partial charge in [0, 0.05) is 33.5 Å². The fourth-order valence-corrected chi connectivity index (χ4v) is 2.97. The van der Waals surface area contributed by atoms with Crippen molar-refractivity contribution in [1.82, 2.24) is 25.3 Å². The first kappa shape index (κ1) is 18.7. The lowest BCUT2D eigenvalue weighted by molar-refractivity contribution is 0.174. The summed E-state index contributed by atoms with van der Waals surface area (Å²) in [6.07, 6.45) is 5.50. The van der Waals surface area contributed by atoms with Gasteiger partial charge in [0.05, 0.1) is 0 Å². The zero-order valence-electron chi connectivity index (χ0n) is 15.3. The Bertz CT molecular complexity index is 497. The molecule has 1 saturated heterocycles. The Balaban J connectivity index is 1.60. The maximum atomic E-state index is 12.2. The predicted molar refractivity (Wildman–Crippen MR) is 92.8 cm³/mol. The molecule has 136 valence electrons. The highest BCUT2D eigenvalue weighted by Gasteiger charge is 2.20. The molecular weight excluding hydrogens is 306 g/mol. The molecule has 0 bridgehead atoms. The monoisotopic (exact) mass is 337 g/mol. The molecule has 7 heteroatoms. The first-order valence-corrected chi connectivity index (χ1v) is 9.09. The van der Waals surface area contributed by atoms with E-state index >= 15 is 0 Å². The minimum absolute atomic E-state index is 0.0244. The van der Waals surface area contributed by atoms with Crippen LogP contribution in [0.2, 0.25) is 0 Å². The fourth-order valence-electron chi connectivity index (χ4n) is 2.97. The van der Waals surface area contributed by atoms with Gasteiger partial charge in [-0.3, -0.25) is 0 Å². The Hall–Kier alpha value is -1.63. The number of unbranched alkanes of at least 4 members (excludes halogenated alkanes) is 1. The van der Waals surface area contributed by atoms with E-state index in [1.807, 2.05) is 0 Å². The first-order valence-electron chi connectivity index (χ1n) is 9.09. The number of likely N-dealkylation sites (N-methyl/N-ethyl adjacent to an activating group) is 1. The quantitative estimate of drug-likeness (QED) is 0.786. The number of piperidine rings is 1. The van der Waals surface area contributed by atoms with Gasteiger partial charge in [-0.15, -0.1) is 0 Å². The number of carbonyl (C=O) groups is 1. The highest BCUT2D eigenvalue weighted by atomic mass is 16.5. The summed E-state index contributed by atoms with van der Waals surface area (Å²) in [6, 6.07) is -0.0244. The summed E-state index contributed by atoms with van der Waals surface area (Å²) >= 11 is 0. The standard InChI is InChI=1S/C17H31N5O2/c1-4-5-9-22-11-6-15(7-12-22)13-18-17(23)21(3)10-8-16-19-14(2)24-20-16/h15H,4-13H2,1-3H3,(H,18,23). The molecule has 7 nitrogen and oxygen atoms in total. The van der Waals surface area contributed by atoms with Crippen LogP contribution < -0.4 is 5.32 Å². The third kappa shape index (κ3) is 6.11. The maximum absolute atomic E-state index is 12.2. The van der Waals surface area contributed by atoms with Crippen LogP contribution in [0, 0.1) is 12.8 Å². The molecule has 1 aliphatic rings. The number of hydrogen-bond acceptors (Lipinski definition) is 5. The van der Waals surface area contributed by atoms with Crippen LogP contribution in [0.15, 0.2) is 4.52 Å². The van der Waals surface area contributed by atoms with E-state index in [9.17, 15) is 4.79 Å². The normalized spacial score (nSPS) is 16.3. The third-order valence-corrected chi connectivity index (χ3v) is 4.66. The van der Waals surface area contributed by atoms with Gasteiger partial charge in [-0.1, -0.05) is 18.5 Å². The number of hydrogen-bond donors (Lipinski definition) is 1. The largest absolute Gasteiger partial charge is 0.340 e. The molecule has 0 aliphatic carbocycles. The minimum Gasteiger partial charge on any atom is -0.340 e. The summed E-state index contributed by atoms with van der Waals surface area (Å²) in [6.45, 7) is 8.89. The Morgan fingerprint density at radius 1 is 1.42 bits per heavy atom. The Kier molecular flexibility index (Phi) is 7.49. The molecule has 24 heavy (non-hydrogen) atoms. The van der Waals surface area contributed by atoms with Crippen molar-refractivity contribution in [3.63, 3.8) is 0 Å². The van der Waals surface area contributed by atoms with Crippen molar-refractivity contribution in [2.45, 2.75) is 46.0 Å². The van der Waals surface area contributed by atoms with Gasteiger partial charge < -0.3 is 19.6 Å². The van der Waals surface area contributed by atoms with Crippen LogP contribution in [0.5, 0.6) is 0 Å². The van der Waals surface area contributed by atoms with Crippen molar-refractivity contribution in [2.75, 3.05) is 39.8 Å². The summed E-state index contributed by atoms with van der Waals surface area (Å²) in [4.78, 5) is 20.5. The average molecular weight is 337 g/mol.